The molecule has 0 radical (unpaired) electrons. The van der Waals surface area contributed by atoms with Crippen LogP contribution in [-0.4, -0.2) is 33.9 Å². The van der Waals surface area contributed by atoms with E-state index in [1.54, 1.807) is 25.1 Å². The summed E-state index contributed by atoms with van der Waals surface area (Å²) in [7, 11) is -2.42. The molecule has 0 aliphatic rings. The second kappa shape index (κ2) is 8.31. The van der Waals surface area contributed by atoms with Crippen LogP contribution in [0.3, 0.4) is 0 Å². The molecule has 0 bridgehead atoms. The molecule has 0 unspecified atom stereocenters. The fourth-order valence-corrected chi connectivity index (χ4v) is 3.00. The van der Waals surface area contributed by atoms with Gasteiger partial charge in [-0.05, 0) is 49.9 Å². The average Bonchev–Trinajstić information content (AvgIpc) is 2.63. The van der Waals surface area contributed by atoms with Crippen molar-refractivity contribution < 1.29 is 22.7 Å². The van der Waals surface area contributed by atoms with Crippen molar-refractivity contribution >= 4 is 39.2 Å². The van der Waals surface area contributed by atoms with Gasteiger partial charge in [0.1, 0.15) is 0 Å². The highest BCUT2D eigenvalue weighted by Gasteiger charge is 2.16. The third-order valence-corrected chi connectivity index (χ3v) is 5.35. The Balaban J connectivity index is 2.01. The number of benzene rings is 2. The van der Waals surface area contributed by atoms with Crippen molar-refractivity contribution in [3.05, 3.63) is 58.6 Å². The quantitative estimate of drug-likeness (QED) is 0.730. The van der Waals surface area contributed by atoms with Crippen molar-refractivity contribution in [2.24, 2.45) is 0 Å². The molecule has 0 fully saturated rings. The summed E-state index contributed by atoms with van der Waals surface area (Å²) in [6.45, 7) is 1.23. The molecule has 0 aromatic heterocycles. The van der Waals surface area contributed by atoms with Crippen LogP contribution in [0, 0.1) is 6.92 Å². The summed E-state index contributed by atoms with van der Waals surface area (Å²) in [4.78, 5) is 23.9. The van der Waals surface area contributed by atoms with E-state index in [0.29, 0.717) is 16.3 Å². The van der Waals surface area contributed by atoms with Gasteiger partial charge in [-0.25, -0.2) is 17.9 Å². The van der Waals surface area contributed by atoms with Crippen LogP contribution in [0.4, 0.5) is 5.69 Å². The van der Waals surface area contributed by atoms with Crippen molar-refractivity contribution in [2.75, 3.05) is 19.0 Å². The highest BCUT2D eigenvalue weighted by molar-refractivity contribution is 7.89. The Morgan fingerprint density at radius 1 is 1.15 bits per heavy atom. The van der Waals surface area contributed by atoms with Gasteiger partial charge in [0.05, 0.1) is 10.5 Å². The highest BCUT2D eigenvalue weighted by atomic mass is 35.5. The molecule has 0 aliphatic carbocycles. The minimum Gasteiger partial charge on any atom is -0.452 e. The zero-order valence-corrected chi connectivity index (χ0v) is 15.6. The van der Waals surface area contributed by atoms with Crippen LogP contribution in [0.1, 0.15) is 15.9 Å². The van der Waals surface area contributed by atoms with Crippen LogP contribution in [0.5, 0.6) is 0 Å². The molecule has 1 amide bonds. The molecule has 0 atom stereocenters. The van der Waals surface area contributed by atoms with Crippen molar-refractivity contribution in [1.29, 1.82) is 0 Å². The van der Waals surface area contributed by atoms with Crippen LogP contribution in [-0.2, 0) is 19.6 Å². The van der Waals surface area contributed by atoms with E-state index in [2.05, 4.69) is 10.0 Å². The first-order chi connectivity index (χ1) is 12.2. The summed E-state index contributed by atoms with van der Waals surface area (Å²) in [5.74, 6) is -1.35. The molecule has 0 saturated carbocycles. The smallest absolute Gasteiger partial charge is 0.338 e. The average molecular weight is 397 g/mol. The number of nitrogens with one attached hydrogen (secondary N) is 2. The molecule has 0 aliphatic heterocycles. The molecular formula is C17H17ClN2O5S. The molecule has 2 rings (SSSR count). The van der Waals surface area contributed by atoms with Crippen molar-refractivity contribution in [2.45, 2.75) is 11.8 Å². The van der Waals surface area contributed by atoms with E-state index in [4.69, 9.17) is 16.3 Å². The van der Waals surface area contributed by atoms with E-state index < -0.39 is 28.5 Å². The molecule has 0 spiro atoms. The van der Waals surface area contributed by atoms with Gasteiger partial charge in [0.25, 0.3) is 5.91 Å². The third-order valence-electron chi connectivity index (χ3n) is 3.52. The van der Waals surface area contributed by atoms with Gasteiger partial charge in [-0.2, -0.15) is 0 Å². The lowest BCUT2D eigenvalue weighted by Crippen LogP contribution is -2.22. The maximum absolute atomic E-state index is 12.1. The van der Waals surface area contributed by atoms with Gasteiger partial charge in [0.2, 0.25) is 10.0 Å². The molecule has 2 aromatic rings. The summed E-state index contributed by atoms with van der Waals surface area (Å²) in [5.41, 5.74) is 1.23. The molecule has 9 heteroatoms. The van der Waals surface area contributed by atoms with Gasteiger partial charge in [-0.1, -0.05) is 23.7 Å². The first-order valence-corrected chi connectivity index (χ1v) is 9.36. The lowest BCUT2D eigenvalue weighted by atomic mass is 10.2. The van der Waals surface area contributed by atoms with Crippen LogP contribution in [0.15, 0.2) is 47.4 Å². The van der Waals surface area contributed by atoms with Crippen molar-refractivity contribution in [3.8, 4) is 0 Å². The van der Waals surface area contributed by atoms with Crippen molar-refractivity contribution in [3.63, 3.8) is 0 Å². The van der Waals surface area contributed by atoms with E-state index in [0.717, 1.165) is 0 Å². The zero-order chi connectivity index (χ0) is 19.3. The van der Waals surface area contributed by atoms with Crippen LogP contribution in [0.25, 0.3) is 0 Å². The standard InChI is InChI=1S/C17H17ClN2O5S/c1-11-14(18)7-4-8-15(11)20-16(21)10-25-17(22)12-5-3-6-13(9-12)26(23,24)19-2/h3-9,19H,10H2,1-2H3,(H,20,21). The normalized spacial score (nSPS) is 11.0. The summed E-state index contributed by atoms with van der Waals surface area (Å²) in [6.07, 6.45) is 0. The zero-order valence-electron chi connectivity index (χ0n) is 14.1. The minimum atomic E-state index is -3.68. The molecule has 7 nitrogen and oxygen atoms in total. The van der Waals surface area contributed by atoms with E-state index in [9.17, 15) is 18.0 Å². The van der Waals surface area contributed by atoms with E-state index in [1.807, 2.05) is 0 Å². The predicted molar refractivity (Wildman–Crippen MR) is 97.8 cm³/mol. The fraction of sp³-hybridized carbons (Fsp3) is 0.176. The Kier molecular flexibility index (Phi) is 6.36. The molecule has 26 heavy (non-hydrogen) atoms. The molecule has 0 saturated heterocycles. The Labute approximate surface area is 156 Å². The SMILES string of the molecule is CNS(=O)(=O)c1cccc(C(=O)OCC(=O)Nc2cccc(Cl)c2C)c1. The van der Waals surface area contributed by atoms with Crippen LogP contribution < -0.4 is 10.0 Å². The van der Waals surface area contributed by atoms with Gasteiger partial charge in [-0.3, -0.25) is 4.79 Å². The number of rotatable bonds is 6. The Morgan fingerprint density at radius 3 is 2.54 bits per heavy atom. The first-order valence-electron chi connectivity index (χ1n) is 7.50. The first kappa shape index (κ1) is 19.9. The number of anilines is 1. The Hall–Kier alpha value is -2.42. The van der Waals surface area contributed by atoms with E-state index in [1.165, 1.54) is 31.3 Å². The highest BCUT2D eigenvalue weighted by Crippen LogP contribution is 2.22. The van der Waals surface area contributed by atoms with Gasteiger partial charge in [0.15, 0.2) is 6.61 Å². The Bertz CT molecular complexity index is 944. The number of sulfonamides is 1. The Morgan fingerprint density at radius 2 is 1.85 bits per heavy atom. The van der Waals surface area contributed by atoms with Gasteiger partial charge in [-0.15, -0.1) is 0 Å². The van der Waals surface area contributed by atoms with E-state index >= 15 is 0 Å². The number of carbonyl (C=O) groups excluding carboxylic acids is 2. The van der Waals surface area contributed by atoms with Gasteiger partial charge >= 0.3 is 5.97 Å². The number of amides is 1. The molecule has 2 N–H and O–H groups in total. The lowest BCUT2D eigenvalue weighted by Gasteiger charge is -2.10. The molecule has 2 aromatic carbocycles. The topological polar surface area (TPSA) is 102 Å². The van der Waals surface area contributed by atoms with E-state index in [-0.39, 0.29) is 10.5 Å². The molecule has 0 heterocycles. The number of hydrogen-bond donors (Lipinski definition) is 2. The summed E-state index contributed by atoms with van der Waals surface area (Å²) < 4.78 is 30.6. The molecule has 138 valence electrons. The second-order valence-electron chi connectivity index (χ2n) is 5.27. The van der Waals surface area contributed by atoms with Crippen molar-refractivity contribution in [1.82, 2.24) is 4.72 Å². The predicted octanol–water partition coefficient (Wildman–Crippen LogP) is 2.35. The largest absolute Gasteiger partial charge is 0.452 e. The van der Waals surface area contributed by atoms with Crippen LogP contribution >= 0.6 is 11.6 Å². The summed E-state index contributed by atoms with van der Waals surface area (Å²) in [6, 6.07) is 10.4. The lowest BCUT2D eigenvalue weighted by molar-refractivity contribution is -0.119. The monoisotopic (exact) mass is 396 g/mol. The second-order valence-corrected chi connectivity index (χ2v) is 7.57. The number of esters is 1. The van der Waals surface area contributed by atoms with Gasteiger partial charge < -0.3 is 10.1 Å². The fourth-order valence-electron chi connectivity index (χ4n) is 2.05. The number of halogens is 1. The number of hydrogen-bond acceptors (Lipinski definition) is 5. The number of ether oxygens (including phenoxy) is 1. The summed E-state index contributed by atoms with van der Waals surface area (Å²) >= 11 is 5.98. The third kappa shape index (κ3) is 4.81. The van der Waals surface area contributed by atoms with Crippen LogP contribution in [0.2, 0.25) is 5.02 Å². The minimum absolute atomic E-state index is 0.0214. The maximum atomic E-state index is 12.1. The van der Waals surface area contributed by atoms with Gasteiger partial charge in [0, 0.05) is 10.7 Å². The maximum Gasteiger partial charge on any atom is 0.338 e. The summed E-state index contributed by atoms with van der Waals surface area (Å²) in [5, 5.41) is 3.10. The molecular weight excluding hydrogens is 380 g/mol. The number of carbonyl (C=O) groups is 2.